The van der Waals surface area contributed by atoms with Crippen molar-refractivity contribution in [2.75, 3.05) is 5.75 Å². The van der Waals surface area contributed by atoms with Crippen molar-refractivity contribution in [3.05, 3.63) is 29.8 Å². The summed E-state index contributed by atoms with van der Waals surface area (Å²) >= 11 is 1.01. The van der Waals surface area contributed by atoms with Crippen molar-refractivity contribution >= 4 is 17.7 Å². The molecule has 0 radical (unpaired) electrons. The quantitative estimate of drug-likeness (QED) is 0.847. The second-order valence-electron chi connectivity index (χ2n) is 4.33. The van der Waals surface area contributed by atoms with Crippen LogP contribution in [-0.2, 0) is 4.79 Å². The van der Waals surface area contributed by atoms with Crippen LogP contribution in [0.2, 0.25) is 0 Å². The molecule has 0 atom stereocenters. The van der Waals surface area contributed by atoms with Crippen molar-refractivity contribution in [2.45, 2.75) is 25.0 Å². The van der Waals surface area contributed by atoms with Gasteiger partial charge >= 0.3 is 5.97 Å². The molecule has 0 aliphatic heterocycles. The first kappa shape index (κ1) is 13.6. The SMILES string of the molecule is CC(C)c1ccc(-c2nnc(SCC(=O)O)o2)cc1. The molecule has 2 rings (SSSR count). The van der Waals surface area contributed by atoms with Crippen LogP contribution in [0.4, 0.5) is 0 Å². The number of hydrogen-bond donors (Lipinski definition) is 1. The number of aliphatic carboxylic acids is 1. The molecule has 0 saturated carbocycles. The minimum atomic E-state index is -0.911. The number of nitrogens with zero attached hydrogens (tertiary/aromatic N) is 2. The first-order valence-corrected chi connectivity index (χ1v) is 6.83. The molecule has 0 fully saturated rings. The summed E-state index contributed by atoms with van der Waals surface area (Å²) in [5.41, 5.74) is 2.07. The van der Waals surface area contributed by atoms with Crippen LogP contribution >= 0.6 is 11.8 Å². The van der Waals surface area contributed by atoms with E-state index in [1.54, 1.807) is 0 Å². The maximum atomic E-state index is 10.4. The predicted octanol–water partition coefficient (Wildman–Crippen LogP) is 3.04. The van der Waals surface area contributed by atoms with E-state index in [0.717, 1.165) is 17.3 Å². The van der Waals surface area contributed by atoms with E-state index in [-0.39, 0.29) is 11.0 Å². The summed E-state index contributed by atoms with van der Waals surface area (Å²) < 4.78 is 5.40. The number of carboxylic acids is 1. The van der Waals surface area contributed by atoms with E-state index in [4.69, 9.17) is 9.52 Å². The van der Waals surface area contributed by atoms with Crippen LogP contribution in [0.15, 0.2) is 33.9 Å². The Kier molecular flexibility index (Phi) is 4.21. The Morgan fingerprint density at radius 3 is 2.58 bits per heavy atom. The van der Waals surface area contributed by atoms with Gasteiger partial charge in [-0.05, 0) is 23.6 Å². The molecule has 19 heavy (non-hydrogen) atoms. The monoisotopic (exact) mass is 278 g/mol. The van der Waals surface area contributed by atoms with Crippen molar-refractivity contribution in [1.82, 2.24) is 10.2 Å². The van der Waals surface area contributed by atoms with Gasteiger partial charge in [0.15, 0.2) is 0 Å². The average molecular weight is 278 g/mol. The van der Waals surface area contributed by atoms with Crippen LogP contribution in [0.1, 0.15) is 25.3 Å². The molecule has 0 amide bonds. The molecule has 0 aliphatic rings. The molecule has 5 nitrogen and oxygen atoms in total. The number of rotatable bonds is 5. The lowest BCUT2D eigenvalue weighted by molar-refractivity contribution is -0.133. The summed E-state index contributed by atoms with van der Waals surface area (Å²) in [5, 5.41) is 16.6. The van der Waals surface area contributed by atoms with Gasteiger partial charge in [0.25, 0.3) is 5.22 Å². The van der Waals surface area contributed by atoms with Crippen molar-refractivity contribution in [1.29, 1.82) is 0 Å². The Hall–Kier alpha value is -1.82. The number of thioether (sulfide) groups is 1. The second kappa shape index (κ2) is 5.88. The van der Waals surface area contributed by atoms with Gasteiger partial charge in [-0.2, -0.15) is 0 Å². The topological polar surface area (TPSA) is 76.2 Å². The standard InChI is InChI=1S/C13H14N2O3S/c1-8(2)9-3-5-10(6-4-9)12-14-15-13(18-12)19-7-11(16)17/h3-6,8H,7H2,1-2H3,(H,16,17). The van der Waals surface area contributed by atoms with Gasteiger partial charge in [0.05, 0.1) is 0 Å². The van der Waals surface area contributed by atoms with Gasteiger partial charge in [-0.3, -0.25) is 4.79 Å². The lowest BCUT2D eigenvalue weighted by Crippen LogP contribution is -1.97. The molecule has 0 saturated heterocycles. The van der Waals surface area contributed by atoms with Crippen molar-refractivity contribution in [3.8, 4) is 11.5 Å². The maximum Gasteiger partial charge on any atom is 0.314 e. The summed E-state index contributed by atoms with van der Waals surface area (Å²) in [7, 11) is 0. The molecule has 1 aromatic carbocycles. The minimum absolute atomic E-state index is 0.0894. The van der Waals surface area contributed by atoms with Crippen LogP contribution in [0.5, 0.6) is 0 Å². The van der Waals surface area contributed by atoms with Gasteiger partial charge in [0.1, 0.15) is 5.75 Å². The van der Waals surface area contributed by atoms with Gasteiger partial charge in [-0.15, -0.1) is 10.2 Å². The first-order chi connectivity index (χ1) is 9.06. The molecular formula is C13H14N2O3S. The molecule has 0 unspecified atom stereocenters. The van der Waals surface area contributed by atoms with E-state index < -0.39 is 5.97 Å². The predicted molar refractivity (Wildman–Crippen MR) is 72.2 cm³/mol. The van der Waals surface area contributed by atoms with Crippen molar-refractivity contribution < 1.29 is 14.3 Å². The van der Waals surface area contributed by atoms with Crippen molar-refractivity contribution in [2.24, 2.45) is 0 Å². The molecule has 0 bridgehead atoms. The highest BCUT2D eigenvalue weighted by Crippen LogP contribution is 2.24. The molecule has 1 heterocycles. The molecular weight excluding hydrogens is 264 g/mol. The third kappa shape index (κ3) is 3.57. The van der Waals surface area contributed by atoms with Crippen LogP contribution in [0, 0.1) is 0 Å². The molecule has 1 N–H and O–H groups in total. The van der Waals surface area contributed by atoms with Gasteiger partial charge < -0.3 is 9.52 Å². The van der Waals surface area contributed by atoms with E-state index in [1.807, 2.05) is 24.3 Å². The third-order valence-electron chi connectivity index (χ3n) is 2.55. The number of hydrogen-bond acceptors (Lipinski definition) is 5. The second-order valence-corrected chi connectivity index (χ2v) is 5.26. The highest BCUT2D eigenvalue weighted by molar-refractivity contribution is 7.99. The third-order valence-corrected chi connectivity index (χ3v) is 3.35. The highest BCUT2D eigenvalue weighted by atomic mass is 32.2. The molecule has 0 spiro atoms. The molecule has 6 heteroatoms. The summed E-state index contributed by atoms with van der Waals surface area (Å²) in [6.45, 7) is 4.25. The van der Waals surface area contributed by atoms with Gasteiger partial charge in [0, 0.05) is 5.56 Å². The Bertz CT molecular complexity index is 564. The smallest absolute Gasteiger partial charge is 0.314 e. The number of carbonyl (C=O) groups is 1. The number of aromatic nitrogens is 2. The van der Waals surface area contributed by atoms with Crippen LogP contribution < -0.4 is 0 Å². The highest BCUT2D eigenvalue weighted by Gasteiger charge is 2.10. The Morgan fingerprint density at radius 2 is 2.00 bits per heavy atom. The van der Waals surface area contributed by atoms with Crippen LogP contribution in [0.25, 0.3) is 11.5 Å². The van der Waals surface area contributed by atoms with Crippen LogP contribution in [0.3, 0.4) is 0 Å². The minimum Gasteiger partial charge on any atom is -0.481 e. The Balaban J connectivity index is 2.11. The largest absolute Gasteiger partial charge is 0.481 e. The Morgan fingerprint density at radius 1 is 1.32 bits per heavy atom. The fourth-order valence-corrected chi connectivity index (χ4v) is 2.00. The average Bonchev–Trinajstić information content (AvgIpc) is 2.85. The van der Waals surface area contributed by atoms with Gasteiger partial charge in [0.2, 0.25) is 5.89 Å². The summed E-state index contributed by atoms with van der Waals surface area (Å²) in [6.07, 6.45) is 0. The zero-order chi connectivity index (χ0) is 13.8. The van der Waals surface area contributed by atoms with Crippen molar-refractivity contribution in [3.63, 3.8) is 0 Å². The lowest BCUT2D eigenvalue weighted by atomic mass is 10.0. The van der Waals surface area contributed by atoms with E-state index in [9.17, 15) is 4.79 Å². The van der Waals surface area contributed by atoms with E-state index in [2.05, 4.69) is 24.0 Å². The summed E-state index contributed by atoms with van der Waals surface area (Å²) in [6, 6.07) is 7.89. The maximum absolute atomic E-state index is 10.4. The summed E-state index contributed by atoms with van der Waals surface area (Å²) in [5.74, 6) is -0.124. The lowest BCUT2D eigenvalue weighted by Gasteiger charge is -2.04. The Labute approximate surface area is 115 Å². The number of benzene rings is 1. The normalized spacial score (nSPS) is 10.9. The molecule has 1 aromatic heterocycles. The number of carboxylic acid groups (broad SMARTS) is 1. The fourth-order valence-electron chi connectivity index (χ4n) is 1.52. The van der Waals surface area contributed by atoms with Gasteiger partial charge in [-0.25, -0.2) is 0 Å². The van der Waals surface area contributed by atoms with Gasteiger partial charge in [-0.1, -0.05) is 37.7 Å². The summed E-state index contributed by atoms with van der Waals surface area (Å²) in [4.78, 5) is 10.4. The van der Waals surface area contributed by atoms with E-state index in [1.165, 1.54) is 5.56 Å². The zero-order valence-corrected chi connectivity index (χ0v) is 11.5. The fraction of sp³-hybridized carbons (Fsp3) is 0.308. The first-order valence-electron chi connectivity index (χ1n) is 5.84. The molecule has 0 aliphatic carbocycles. The zero-order valence-electron chi connectivity index (χ0n) is 10.7. The molecule has 100 valence electrons. The van der Waals surface area contributed by atoms with E-state index >= 15 is 0 Å². The van der Waals surface area contributed by atoms with E-state index in [0.29, 0.717) is 11.8 Å². The van der Waals surface area contributed by atoms with Crippen LogP contribution in [-0.4, -0.2) is 27.0 Å². The molecule has 2 aromatic rings.